The van der Waals surface area contributed by atoms with E-state index in [0.29, 0.717) is 16.3 Å². The molecule has 106 valence electrons. The number of carbonyl (C=O) groups excluding carboxylic acids is 1. The average molecular weight is 294 g/mol. The van der Waals surface area contributed by atoms with Crippen molar-refractivity contribution in [1.29, 1.82) is 0 Å². The van der Waals surface area contributed by atoms with Gasteiger partial charge >= 0.3 is 5.97 Å². The lowest BCUT2D eigenvalue weighted by Crippen LogP contribution is -2.08. The van der Waals surface area contributed by atoms with E-state index >= 15 is 0 Å². The molecule has 0 aliphatic heterocycles. The van der Waals surface area contributed by atoms with Crippen LogP contribution in [0.4, 0.5) is 5.69 Å². The number of halogens is 1. The van der Waals surface area contributed by atoms with Crippen LogP contribution in [-0.2, 0) is 11.8 Å². The SMILES string of the molecule is COC(=O)c1ccc(Cl)c(NC(C)c2cnn(C)c2)c1. The number of esters is 1. The first-order valence-electron chi connectivity index (χ1n) is 6.14. The first-order chi connectivity index (χ1) is 9.51. The van der Waals surface area contributed by atoms with Crippen LogP contribution in [0.25, 0.3) is 0 Å². The first-order valence-corrected chi connectivity index (χ1v) is 6.52. The summed E-state index contributed by atoms with van der Waals surface area (Å²) in [5.74, 6) is -0.390. The zero-order valence-electron chi connectivity index (χ0n) is 11.6. The molecule has 0 aliphatic rings. The Bertz CT molecular complexity index is 625. The topological polar surface area (TPSA) is 56.1 Å². The van der Waals surface area contributed by atoms with Crippen molar-refractivity contribution in [2.75, 3.05) is 12.4 Å². The third-order valence-corrected chi connectivity index (χ3v) is 3.31. The number of hydrogen-bond donors (Lipinski definition) is 1. The van der Waals surface area contributed by atoms with E-state index in [4.69, 9.17) is 16.3 Å². The van der Waals surface area contributed by atoms with Gasteiger partial charge in [-0.2, -0.15) is 5.10 Å². The molecule has 0 amide bonds. The fraction of sp³-hybridized carbons (Fsp3) is 0.286. The van der Waals surface area contributed by atoms with Gasteiger partial charge in [-0.1, -0.05) is 11.6 Å². The summed E-state index contributed by atoms with van der Waals surface area (Å²) in [7, 11) is 3.21. The molecule has 1 aromatic carbocycles. The smallest absolute Gasteiger partial charge is 0.337 e. The summed E-state index contributed by atoms with van der Waals surface area (Å²) in [5.41, 5.74) is 2.18. The molecule has 0 aliphatic carbocycles. The van der Waals surface area contributed by atoms with Crippen molar-refractivity contribution in [2.45, 2.75) is 13.0 Å². The molecule has 1 N–H and O–H groups in total. The van der Waals surface area contributed by atoms with Gasteiger partial charge in [-0.3, -0.25) is 4.68 Å². The number of benzene rings is 1. The Morgan fingerprint density at radius 2 is 2.25 bits per heavy atom. The fourth-order valence-electron chi connectivity index (χ4n) is 1.86. The summed E-state index contributed by atoms with van der Waals surface area (Å²) in [5, 5.41) is 7.95. The molecule has 2 rings (SSSR count). The van der Waals surface area contributed by atoms with Crippen molar-refractivity contribution in [3.63, 3.8) is 0 Å². The Labute approximate surface area is 122 Å². The average Bonchev–Trinajstić information content (AvgIpc) is 2.87. The van der Waals surface area contributed by atoms with Gasteiger partial charge in [0.2, 0.25) is 0 Å². The summed E-state index contributed by atoms with van der Waals surface area (Å²) < 4.78 is 6.44. The molecule has 6 heteroatoms. The Balaban J connectivity index is 2.22. The standard InChI is InChI=1S/C14H16ClN3O2/c1-9(11-7-16-18(2)8-11)17-13-6-10(14(19)20-3)4-5-12(13)15/h4-9,17H,1-3H3. The number of carbonyl (C=O) groups is 1. The molecule has 1 unspecified atom stereocenters. The van der Waals surface area contributed by atoms with Gasteiger partial charge in [-0.05, 0) is 25.1 Å². The second-order valence-electron chi connectivity index (χ2n) is 4.50. The normalized spacial score (nSPS) is 12.0. The number of rotatable bonds is 4. The highest BCUT2D eigenvalue weighted by Crippen LogP contribution is 2.27. The monoisotopic (exact) mass is 293 g/mol. The summed E-state index contributed by atoms with van der Waals surface area (Å²) in [6.45, 7) is 2.00. The second-order valence-corrected chi connectivity index (χ2v) is 4.91. The summed E-state index contributed by atoms with van der Waals surface area (Å²) in [4.78, 5) is 11.5. The van der Waals surface area contributed by atoms with Crippen LogP contribution in [0.1, 0.15) is 28.9 Å². The van der Waals surface area contributed by atoms with E-state index in [9.17, 15) is 4.79 Å². The van der Waals surface area contributed by atoms with Gasteiger partial charge in [0.15, 0.2) is 0 Å². The molecule has 2 aromatic rings. The summed E-state index contributed by atoms with van der Waals surface area (Å²) in [6, 6.07) is 5.01. The van der Waals surface area contributed by atoms with Crippen LogP contribution in [0, 0.1) is 0 Å². The van der Waals surface area contributed by atoms with Gasteiger partial charge < -0.3 is 10.1 Å². The molecule has 0 radical (unpaired) electrons. The van der Waals surface area contributed by atoms with Crippen LogP contribution < -0.4 is 5.32 Å². The van der Waals surface area contributed by atoms with Crippen LogP contribution in [0.15, 0.2) is 30.6 Å². The van der Waals surface area contributed by atoms with Crippen LogP contribution in [-0.4, -0.2) is 22.9 Å². The van der Waals surface area contributed by atoms with Gasteiger partial charge in [0, 0.05) is 18.8 Å². The molecule has 20 heavy (non-hydrogen) atoms. The Morgan fingerprint density at radius 1 is 1.50 bits per heavy atom. The largest absolute Gasteiger partial charge is 0.465 e. The minimum absolute atomic E-state index is 0.0223. The molecule has 5 nitrogen and oxygen atoms in total. The second kappa shape index (κ2) is 5.96. The highest BCUT2D eigenvalue weighted by atomic mass is 35.5. The van der Waals surface area contributed by atoms with Gasteiger partial charge in [0.05, 0.1) is 35.6 Å². The molecule has 0 fully saturated rings. The van der Waals surface area contributed by atoms with Crippen LogP contribution in [0.3, 0.4) is 0 Å². The van der Waals surface area contributed by atoms with E-state index in [2.05, 4.69) is 10.4 Å². The van der Waals surface area contributed by atoms with E-state index in [1.54, 1.807) is 29.1 Å². The lowest BCUT2D eigenvalue weighted by molar-refractivity contribution is 0.0601. The van der Waals surface area contributed by atoms with Crippen LogP contribution in [0.5, 0.6) is 0 Å². The van der Waals surface area contributed by atoms with E-state index in [1.807, 2.05) is 20.2 Å². The maximum absolute atomic E-state index is 11.5. The number of ether oxygens (including phenoxy) is 1. The van der Waals surface area contributed by atoms with Gasteiger partial charge in [-0.15, -0.1) is 0 Å². The Kier molecular flexibility index (Phi) is 4.29. The van der Waals surface area contributed by atoms with Gasteiger partial charge in [-0.25, -0.2) is 4.79 Å². The van der Waals surface area contributed by atoms with E-state index < -0.39 is 5.97 Å². The highest BCUT2D eigenvalue weighted by Gasteiger charge is 2.12. The predicted octanol–water partition coefficient (Wildman–Crippen LogP) is 3.03. The van der Waals surface area contributed by atoms with E-state index in [1.165, 1.54) is 7.11 Å². The minimum atomic E-state index is -0.390. The van der Waals surface area contributed by atoms with Crippen molar-refractivity contribution in [3.05, 3.63) is 46.7 Å². The molecule has 1 atom stereocenters. The highest BCUT2D eigenvalue weighted by molar-refractivity contribution is 6.33. The number of nitrogens with one attached hydrogen (secondary N) is 1. The van der Waals surface area contributed by atoms with Gasteiger partial charge in [0.25, 0.3) is 0 Å². The minimum Gasteiger partial charge on any atom is -0.465 e. The zero-order chi connectivity index (χ0) is 14.7. The van der Waals surface area contributed by atoms with Crippen molar-refractivity contribution in [2.24, 2.45) is 7.05 Å². The van der Waals surface area contributed by atoms with Crippen molar-refractivity contribution in [1.82, 2.24) is 9.78 Å². The molecule has 1 aromatic heterocycles. The Morgan fingerprint density at radius 3 is 2.85 bits per heavy atom. The lowest BCUT2D eigenvalue weighted by Gasteiger charge is -2.15. The summed E-state index contributed by atoms with van der Waals surface area (Å²) >= 11 is 6.15. The van der Waals surface area contributed by atoms with Crippen LogP contribution in [0.2, 0.25) is 5.02 Å². The molecule has 0 saturated heterocycles. The Hall–Kier alpha value is -2.01. The molecule has 0 spiro atoms. The number of anilines is 1. The lowest BCUT2D eigenvalue weighted by atomic mass is 10.1. The number of aryl methyl sites for hydroxylation is 1. The fourth-order valence-corrected chi connectivity index (χ4v) is 2.03. The maximum atomic E-state index is 11.5. The van der Waals surface area contributed by atoms with E-state index in [0.717, 1.165) is 5.56 Å². The van der Waals surface area contributed by atoms with Crippen molar-refractivity contribution >= 4 is 23.3 Å². The quantitative estimate of drug-likeness (QED) is 0.880. The predicted molar refractivity (Wildman–Crippen MR) is 78.0 cm³/mol. The molecule has 1 heterocycles. The molecule has 0 saturated carbocycles. The number of aromatic nitrogens is 2. The van der Waals surface area contributed by atoms with Crippen molar-refractivity contribution < 1.29 is 9.53 Å². The third-order valence-electron chi connectivity index (χ3n) is 2.98. The number of nitrogens with zero attached hydrogens (tertiary/aromatic N) is 2. The van der Waals surface area contributed by atoms with Crippen molar-refractivity contribution in [3.8, 4) is 0 Å². The first kappa shape index (κ1) is 14.4. The maximum Gasteiger partial charge on any atom is 0.337 e. The molecular formula is C14H16ClN3O2. The number of hydrogen-bond acceptors (Lipinski definition) is 4. The third kappa shape index (κ3) is 3.11. The van der Waals surface area contributed by atoms with E-state index in [-0.39, 0.29) is 6.04 Å². The molecule has 0 bridgehead atoms. The zero-order valence-corrected chi connectivity index (χ0v) is 12.3. The van der Waals surface area contributed by atoms with Gasteiger partial charge in [0.1, 0.15) is 0 Å². The van der Waals surface area contributed by atoms with Crippen LogP contribution >= 0.6 is 11.6 Å². The number of methoxy groups -OCH3 is 1. The molecular weight excluding hydrogens is 278 g/mol. The summed E-state index contributed by atoms with van der Waals surface area (Å²) in [6.07, 6.45) is 3.71.